The smallest absolute Gasteiger partial charge is 0.288 e. The van der Waals surface area contributed by atoms with Crippen LogP contribution >= 0.6 is 46.3 Å². The van der Waals surface area contributed by atoms with Crippen LogP contribution in [0.4, 0.5) is 4.79 Å². The number of carbonyl (C=O) groups is 1. The van der Waals surface area contributed by atoms with Crippen molar-refractivity contribution in [3.05, 3.63) is 9.49 Å². The Balaban J connectivity index is 2.65. The van der Waals surface area contributed by atoms with Gasteiger partial charge in [-0.1, -0.05) is 34.5 Å². The standard InChI is InChI=1S/C10H8Cl2N4OS2/c11-7-8(12)18-9(15-7)19-10(17)16(5-1-3-13)6-2-4-14/h1-2,5-6H2. The van der Waals surface area contributed by atoms with E-state index in [0.717, 1.165) is 23.1 Å². The van der Waals surface area contributed by atoms with E-state index in [0.29, 0.717) is 8.68 Å². The van der Waals surface area contributed by atoms with Crippen molar-refractivity contribution >= 4 is 51.5 Å². The van der Waals surface area contributed by atoms with Gasteiger partial charge in [0.1, 0.15) is 4.34 Å². The molecule has 0 bridgehead atoms. The number of aromatic nitrogens is 1. The molecule has 0 aliphatic rings. The molecule has 1 heterocycles. The maximum Gasteiger partial charge on any atom is 0.288 e. The number of nitriles is 2. The SMILES string of the molecule is N#CCCN(CCC#N)C(=O)Sc1nc(Cl)c(Cl)s1. The highest BCUT2D eigenvalue weighted by Crippen LogP contribution is 2.34. The Labute approximate surface area is 128 Å². The minimum Gasteiger partial charge on any atom is -0.331 e. The first-order chi connectivity index (χ1) is 9.08. The average molecular weight is 335 g/mol. The topological polar surface area (TPSA) is 80.8 Å². The third kappa shape index (κ3) is 5.25. The molecular weight excluding hydrogens is 327 g/mol. The molecule has 1 aromatic heterocycles. The van der Waals surface area contributed by atoms with Gasteiger partial charge in [-0.25, -0.2) is 4.98 Å². The molecule has 1 amide bonds. The van der Waals surface area contributed by atoms with Crippen LogP contribution in [0.1, 0.15) is 12.8 Å². The zero-order valence-electron chi connectivity index (χ0n) is 9.60. The van der Waals surface area contributed by atoms with Crippen LogP contribution in [-0.4, -0.2) is 28.2 Å². The van der Waals surface area contributed by atoms with E-state index < -0.39 is 0 Å². The van der Waals surface area contributed by atoms with Crippen molar-refractivity contribution in [2.75, 3.05) is 13.1 Å². The van der Waals surface area contributed by atoms with Gasteiger partial charge in [0.15, 0.2) is 9.49 Å². The number of rotatable bonds is 5. The van der Waals surface area contributed by atoms with Crippen LogP contribution in [-0.2, 0) is 0 Å². The lowest BCUT2D eigenvalue weighted by atomic mass is 10.4. The third-order valence-electron chi connectivity index (χ3n) is 1.95. The molecule has 0 spiro atoms. The molecule has 0 N–H and O–H groups in total. The van der Waals surface area contributed by atoms with Crippen molar-refractivity contribution in [1.29, 1.82) is 10.5 Å². The summed E-state index contributed by atoms with van der Waals surface area (Å²) in [6.07, 6.45) is 0.439. The monoisotopic (exact) mass is 334 g/mol. The fourth-order valence-electron chi connectivity index (χ4n) is 1.11. The number of hydrogen-bond donors (Lipinski definition) is 0. The molecule has 19 heavy (non-hydrogen) atoms. The Morgan fingerprint density at radius 1 is 1.32 bits per heavy atom. The summed E-state index contributed by atoms with van der Waals surface area (Å²) in [4.78, 5) is 17.4. The van der Waals surface area contributed by atoms with E-state index >= 15 is 0 Å². The van der Waals surface area contributed by atoms with E-state index in [-0.39, 0.29) is 36.3 Å². The minimum atomic E-state index is -0.271. The second-order valence-electron chi connectivity index (χ2n) is 3.22. The Morgan fingerprint density at radius 2 is 1.89 bits per heavy atom. The summed E-state index contributed by atoms with van der Waals surface area (Å²) in [5.74, 6) is 0. The molecule has 1 rings (SSSR count). The number of amides is 1. The van der Waals surface area contributed by atoms with Crippen LogP contribution in [0, 0.1) is 22.7 Å². The van der Waals surface area contributed by atoms with Crippen molar-refractivity contribution in [3.8, 4) is 12.1 Å². The van der Waals surface area contributed by atoms with Gasteiger partial charge in [0.25, 0.3) is 5.24 Å². The lowest BCUT2D eigenvalue weighted by Gasteiger charge is -2.18. The summed E-state index contributed by atoms with van der Waals surface area (Å²) in [7, 11) is 0. The molecule has 0 saturated carbocycles. The molecule has 0 fully saturated rings. The van der Waals surface area contributed by atoms with Crippen molar-refractivity contribution < 1.29 is 4.79 Å². The summed E-state index contributed by atoms with van der Waals surface area (Å²) in [5.41, 5.74) is 0. The van der Waals surface area contributed by atoms with Crippen LogP contribution < -0.4 is 0 Å². The second kappa shape index (κ2) is 8.23. The van der Waals surface area contributed by atoms with Crippen LogP contribution in [0.25, 0.3) is 0 Å². The lowest BCUT2D eigenvalue weighted by Crippen LogP contribution is -2.29. The number of nitrogens with zero attached hydrogens (tertiary/aromatic N) is 4. The van der Waals surface area contributed by atoms with Gasteiger partial charge >= 0.3 is 0 Å². The lowest BCUT2D eigenvalue weighted by molar-refractivity contribution is 0.225. The highest BCUT2D eigenvalue weighted by atomic mass is 35.5. The third-order valence-corrected chi connectivity index (χ3v) is 4.68. The minimum absolute atomic E-state index is 0.169. The zero-order chi connectivity index (χ0) is 14.3. The van der Waals surface area contributed by atoms with Crippen LogP contribution in [0.3, 0.4) is 0 Å². The Kier molecular flexibility index (Phi) is 6.96. The van der Waals surface area contributed by atoms with Gasteiger partial charge < -0.3 is 4.90 Å². The van der Waals surface area contributed by atoms with Crippen LogP contribution in [0.15, 0.2) is 4.34 Å². The first kappa shape index (κ1) is 16.1. The Hall–Kier alpha value is -0.990. The zero-order valence-corrected chi connectivity index (χ0v) is 12.7. The molecule has 9 heteroatoms. The highest BCUT2D eigenvalue weighted by Gasteiger charge is 2.18. The van der Waals surface area contributed by atoms with Crippen molar-refractivity contribution in [3.63, 3.8) is 0 Å². The molecule has 0 unspecified atom stereocenters. The van der Waals surface area contributed by atoms with Gasteiger partial charge in [-0.3, -0.25) is 4.79 Å². The molecule has 0 radical (unpaired) electrons. The Bertz CT molecular complexity index is 497. The molecule has 0 aromatic carbocycles. The average Bonchev–Trinajstić information content (AvgIpc) is 2.68. The Morgan fingerprint density at radius 3 is 2.32 bits per heavy atom. The summed E-state index contributed by atoms with van der Waals surface area (Å²) >= 11 is 13.5. The normalized spacial score (nSPS) is 9.68. The first-order valence-corrected chi connectivity index (χ1v) is 7.50. The van der Waals surface area contributed by atoms with E-state index in [2.05, 4.69) is 4.98 Å². The summed E-state index contributed by atoms with van der Waals surface area (Å²) < 4.78 is 0.775. The molecule has 0 aliphatic carbocycles. The number of carbonyl (C=O) groups excluding carboxylic acids is 1. The fourth-order valence-corrected chi connectivity index (χ4v) is 3.46. The van der Waals surface area contributed by atoms with E-state index in [1.54, 1.807) is 0 Å². The molecular formula is C10H8Cl2N4OS2. The molecule has 0 aliphatic heterocycles. The predicted octanol–water partition coefficient (Wildman–Crippen LogP) is 3.79. The number of thioether (sulfide) groups is 1. The molecule has 100 valence electrons. The molecule has 0 saturated heterocycles. The molecule has 5 nitrogen and oxygen atoms in total. The number of thiazole rings is 1. The number of hydrogen-bond acceptors (Lipinski definition) is 6. The summed E-state index contributed by atoms with van der Waals surface area (Å²) in [5, 5.41) is 17.0. The molecule has 0 atom stereocenters. The fraction of sp³-hybridized carbons (Fsp3) is 0.400. The van der Waals surface area contributed by atoms with Gasteiger partial charge in [0, 0.05) is 24.9 Å². The second-order valence-corrected chi connectivity index (χ2v) is 6.37. The maximum atomic E-state index is 12.0. The van der Waals surface area contributed by atoms with E-state index in [9.17, 15) is 4.79 Å². The van der Waals surface area contributed by atoms with E-state index in [4.69, 9.17) is 33.7 Å². The quantitative estimate of drug-likeness (QED) is 0.765. The summed E-state index contributed by atoms with van der Waals surface area (Å²) in [6, 6.07) is 3.93. The largest absolute Gasteiger partial charge is 0.331 e. The molecule has 1 aromatic rings. The predicted molar refractivity (Wildman–Crippen MR) is 75.4 cm³/mol. The van der Waals surface area contributed by atoms with Gasteiger partial charge in [0.05, 0.1) is 25.0 Å². The van der Waals surface area contributed by atoms with Crippen LogP contribution in [0.5, 0.6) is 0 Å². The summed E-state index contributed by atoms with van der Waals surface area (Å²) in [6.45, 7) is 0.577. The van der Waals surface area contributed by atoms with Gasteiger partial charge in [-0.05, 0) is 0 Å². The first-order valence-electron chi connectivity index (χ1n) is 5.11. The van der Waals surface area contributed by atoms with Crippen molar-refractivity contribution in [1.82, 2.24) is 9.88 Å². The number of halogens is 2. The van der Waals surface area contributed by atoms with Gasteiger partial charge in [-0.15, -0.1) is 0 Å². The van der Waals surface area contributed by atoms with E-state index in [1.165, 1.54) is 4.90 Å². The van der Waals surface area contributed by atoms with Gasteiger partial charge in [-0.2, -0.15) is 10.5 Å². The van der Waals surface area contributed by atoms with E-state index in [1.807, 2.05) is 12.1 Å². The van der Waals surface area contributed by atoms with Crippen molar-refractivity contribution in [2.45, 2.75) is 17.2 Å². The highest BCUT2D eigenvalue weighted by molar-refractivity contribution is 8.14. The van der Waals surface area contributed by atoms with Crippen molar-refractivity contribution in [2.24, 2.45) is 0 Å². The maximum absolute atomic E-state index is 12.0. The van der Waals surface area contributed by atoms with Crippen LogP contribution in [0.2, 0.25) is 9.49 Å². The van der Waals surface area contributed by atoms with Gasteiger partial charge in [0.2, 0.25) is 0 Å².